The highest BCUT2D eigenvalue weighted by Crippen LogP contribution is 2.49. The summed E-state index contributed by atoms with van der Waals surface area (Å²) in [6, 6.07) is 58.1. The molecule has 5 aromatic carbocycles. The van der Waals surface area contributed by atoms with Gasteiger partial charge in [-0.15, -0.1) is 0 Å². The molecule has 1 aliphatic rings. The van der Waals surface area contributed by atoms with Gasteiger partial charge in [-0.05, 0) is 123 Å². The van der Waals surface area contributed by atoms with Crippen LogP contribution in [0.3, 0.4) is 0 Å². The summed E-state index contributed by atoms with van der Waals surface area (Å²) >= 11 is 0. The van der Waals surface area contributed by atoms with E-state index in [9.17, 15) is 0 Å². The first-order valence-electron chi connectivity index (χ1n) is 19.5. The van der Waals surface area contributed by atoms with Gasteiger partial charge in [-0.2, -0.15) is 0 Å². The lowest BCUT2D eigenvalue weighted by atomic mass is 9.82. The van der Waals surface area contributed by atoms with Gasteiger partial charge < -0.3 is 0 Å². The van der Waals surface area contributed by atoms with Crippen LogP contribution in [0.25, 0.3) is 61.3 Å². The molecule has 2 heteroatoms. The first kappa shape index (κ1) is 38.4. The van der Waals surface area contributed by atoms with E-state index in [2.05, 4.69) is 166 Å². The number of fused-ring (bicyclic) bond motifs is 3. The van der Waals surface area contributed by atoms with Gasteiger partial charge in [-0.25, -0.2) is 0 Å². The van der Waals surface area contributed by atoms with Crippen LogP contribution in [0.5, 0.6) is 0 Å². The Labute approximate surface area is 338 Å². The predicted molar refractivity (Wildman–Crippen MR) is 243 cm³/mol. The number of aryl methyl sites for hydroxylation is 1. The van der Waals surface area contributed by atoms with Crippen molar-refractivity contribution in [2.75, 3.05) is 0 Å². The minimum absolute atomic E-state index is 0.0165. The Bertz CT molecular complexity index is 2580. The molecule has 1 aliphatic carbocycles. The van der Waals surface area contributed by atoms with Gasteiger partial charge >= 0.3 is 0 Å². The maximum Gasteiger partial charge on any atom is 0.0702 e. The van der Waals surface area contributed by atoms with Crippen LogP contribution in [0.4, 0.5) is 0 Å². The van der Waals surface area contributed by atoms with E-state index >= 15 is 0 Å². The van der Waals surface area contributed by atoms with Gasteiger partial charge in [-0.1, -0.05) is 172 Å². The molecule has 0 unspecified atom stereocenters. The Morgan fingerprint density at radius 1 is 0.544 bits per heavy atom. The molecule has 0 amide bonds. The van der Waals surface area contributed by atoms with E-state index in [4.69, 9.17) is 4.98 Å². The number of benzene rings is 5. The number of hydrogen-bond acceptors (Lipinski definition) is 2. The molecule has 0 fully saturated rings. The minimum Gasteiger partial charge on any atom is -0.264 e. The molecule has 0 spiro atoms. The zero-order valence-electron chi connectivity index (χ0n) is 33.2. The van der Waals surface area contributed by atoms with Crippen molar-refractivity contribution < 1.29 is 0 Å². The van der Waals surface area contributed by atoms with E-state index in [1.54, 1.807) is 12.3 Å². The number of aromatic nitrogens is 2. The third-order valence-corrected chi connectivity index (χ3v) is 10.6. The fourth-order valence-electron chi connectivity index (χ4n) is 7.46. The second kappa shape index (κ2) is 17.7. The van der Waals surface area contributed by atoms with E-state index in [0.717, 1.165) is 33.5 Å². The van der Waals surface area contributed by atoms with Gasteiger partial charge in [0.15, 0.2) is 0 Å². The highest BCUT2D eigenvalue weighted by Gasteiger charge is 2.35. The Kier molecular flexibility index (Phi) is 11.9. The van der Waals surface area contributed by atoms with Crippen LogP contribution in [-0.2, 0) is 5.41 Å². The summed E-state index contributed by atoms with van der Waals surface area (Å²) < 4.78 is 0. The third-order valence-electron chi connectivity index (χ3n) is 10.6. The number of pyridine rings is 1. The third kappa shape index (κ3) is 8.82. The van der Waals surface area contributed by atoms with Gasteiger partial charge in [0.2, 0.25) is 0 Å². The molecule has 7 aromatic rings. The maximum atomic E-state index is 4.84. The summed E-state index contributed by atoms with van der Waals surface area (Å²) in [5, 5.41) is 0. The summed E-state index contributed by atoms with van der Waals surface area (Å²) in [4.78, 5) is 9.13. The molecule has 0 radical (unpaired) electrons. The normalized spacial score (nSPS) is 12.5. The van der Waals surface area contributed by atoms with E-state index in [1.165, 1.54) is 50.1 Å². The van der Waals surface area contributed by atoms with Crippen LogP contribution in [0, 0.1) is 6.92 Å². The molecular weight excluding hydrogens is 689 g/mol. The smallest absolute Gasteiger partial charge is 0.0702 e. The minimum atomic E-state index is -0.0165. The Morgan fingerprint density at radius 3 is 1.89 bits per heavy atom. The van der Waals surface area contributed by atoms with E-state index < -0.39 is 0 Å². The van der Waals surface area contributed by atoms with Gasteiger partial charge in [0.1, 0.15) is 0 Å². The van der Waals surface area contributed by atoms with Gasteiger partial charge in [0.05, 0.1) is 5.69 Å². The Morgan fingerprint density at radius 2 is 1.18 bits per heavy atom. The fourth-order valence-corrected chi connectivity index (χ4v) is 7.46. The molecule has 0 N–H and O–H groups in total. The lowest BCUT2D eigenvalue weighted by Gasteiger charge is -2.21. The van der Waals surface area contributed by atoms with Crippen LogP contribution in [0.2, 0.25) is 0 Å². The summed E-state index contributed by atoms with van der Waals surface area (Å²) in [7, 11) is 0. The predicted octanol–water partition coefficient (Wildman–Crippen LogP) is 14.7. The van der Waals surface area contributed by atoms with Gasteiger partial charge in [0.25, 0.3) is 0 Å². The summed E-state index contributed by atoms with van der Waals surface area (Å²) in [6.07, 6.45) is 13.5. The quantitative estimate of drug-likeness (QED) is 0.152. The van der Waals surface area contributed by atoms with Crippen LogP contribution >= 0.6 is 0 Å². The second-order valence-electron chi connectivity index (χ2n) is 14.7. The van der Waals surface area contributed by atoms with E-state index in [0.29, 0.717) is 0 Å². The summed E-state index contributed by atoms with van der Waals surface area (Å²) in [6.45, 7) is 12.5. The number of nitrogens with zero attached hydrogens (tertiary/aromatic N) is 2. The topological polar surface area (TPSA) is 25.8 Å². The highest BCUT2D eigenvalue weighted by atomic mass is 14.7. The number of hydrogen-bond donors (Lipinski definition) is 0. The Hall–Kier alpha value is -6.90. The monoisotopic (exact) mass is 736 g/mol. The molecular formula is C55H48N2. The van der Waals surface area contributed by atoms with Crippen LogP contribution in [-0.4, -0.2) is 9.97 Å². The molecule has 0 bridgehead atoms. The zero-order chi connectivity index (χ0) is 39.6. The summed E-state index contributed by atoms with van der Waals surface area (Å²) in [5.41, 5.74) is 18.1. The average Bonchev–Trinajstić information content (AvgIpc) is 3.49. The van der Waals surface area contributed by atoms with Crippen molar-refractivity contribution in [3.63, 3.8) is 0 Å². The largest absolute Gasteiger partial charge is 0.264 e. The molecule has 0 atom stereocenters. The van der Waals surface area contributed by atoms with Crippen molar-refractivity contribution in [3.05, 3.63) is 236 Å². The van der Waals surface area contributed by atoms with Crippen molar-refractivity contribution in [3.8, 4) is 55.8 Å². The average molecular weight is 737 g/mol. The van der Waals surface area contributed by atoms with Crippen molar-refractivity contribution in [2.45, 2.75) is 33.1 Å². The molecule has 2 nitrogen and oxygen atoms in total. The van der Waals surface area contributed by atoms with Crippen molar-refractivity contribution in [1.29, 1.82) is 0 Å². The van der Waals surface area contributed by atoms with Gasteiger partial charge in [0, 0.05) is 29.6 Å². The van der Waals surface area contributed by atoms with Crippen LogP contribution in [0.15, 0.2) is 213 Å². The number of allylic oxidation sites excluding steroid dienone is 5. The maximum absolute atomic E-state index is 4.84. The summed E-state index contributed by atoms with van der Waals surface area (Å²) in [5.74, 6) is 0. The van der Waals surface area contributed by atoms with E-state index in [-0.39, 0.29) is 5.41 Å². The van der Waals surface area contributed by atoms with Crippen LogP contribution < -0.4 is 0 Å². The zero-order valence-corrected chi connectivity index (χ0v) is 33.2. The standard InChI is InChI=1S/C41H32N2.C14H16/c1-41(2)38-14-9-8-13-36(38)37-27-31(20-21-39(37)41)34-24-33(30-18-16-29(17-19-30)32-12-11-22-42-28-32)25-35(26-34)40-15-7-5-3-4-6-10-23-43-40;1-4-6-7-13(5-2)14-10-8-12(3)9-11-14/h3-28H,1-2H3;4-11H,1H2,2-3H3/b;7-6-,13-5+. The molecule has 8 rings (SSSR count). The Balaban J connectivity index is 0.000000301. The van der Waals surface area contributed by atoms with Gasteiger partial charge in [-0.3, -0.25) is 9.97 Å². The first-order chi connectivity index (χ1) is 27.9. The van der Waals surface area contributed by atoms with Crippen molar-refractivity contribution in [1.82, 2.24) is 9.97 Å². The highest BCUT2D eigenvalue weighted by molar-refractivity contribution is 5.87. The lowest BCUT2D eigenvalue weighted by molar-refractivity contribution is 0.660. The lowest BCUT2D eigenvalue weighted by Crippen LogP contribution is -2.14. The van der Waals surface area contributed by atoms with Crippen molar-refractivity contribution >= 4 is 5.57 Å². The molecule has 0 saturated carbocycles. The molecule has 2 aromatic heterocycles. The molecule has 2 heterocycles. The van der Waals surface area contributed by atoms with Crippen LogP contribution in [0.1, 0.15) is 43.0 Å². The molecule has 0 aliphatic heterocycles. The second-order valence-corrected chi connectivity index (χ2v) is 14.7. The molecule has 0 saturated heterocycles. The SMILES string of the molecule is C=C/C=C\C(=C/C)c1ccc(C)cc1.CC1(C)c2ccccc2-c2cc(-c3cc(-c4ccc(-c5cccnc5)cc4)cc(-c4ccccccccn4)c3)ccc21. The molecule has 278 valence electrons. The molecule has 57 heavy (non-hydrogen) atoms. The van der Waals surface area contributed by atoms with Crippen molar-refractivity contribution in [2.24, 2.45) is 0 Å². The van der Waals surface area contributed by atoms with E-state index in [1.807, 2.05) is 67.9 Å². The first-order valence-corrected chi connectivity index (χ1v) is 19.5. The fraction of sp³-hybridized carbons (Fsp3) is 0.0909. The number of rotatable bonds is 7.